The molecule has 0 fully saturated rings. The molecule has 0 saturated carbocycles. The molecular formula is C31H34N2S2. The van der Waals surface area contributed by atoms with Gasteiger partial charge in [-0.25, -0.2) is 9.97 Å². The molecule has 0 amide bonds. The number of nitrogens with zero attached hydrogens (tertiary/aromatic N) is 2. The van der Waals surface area contributed by atoms with E-state index in [1.54, 1.807) is 11.3 Å². The number of aryl methyl sites for hydroxylation is 1. The van der Waals surface area contributed by atoms with Crippen molar-refractivity contribution >= 4 is 43.1 Å². The van der Waals surface area contributed by atoms with Crippen molar-refractivity contribution in [2.75, 3.05) is 0 Å². The lowest BCUT2D eigenvalue weighted by molar-refractivity contribution is 0.471. The van der Waals surface area contributed by atoms with Crippen LogP contribution in [0.3, 0.4) is 0 Å². The Morgan fingerprint density at radius 2 is 1.31 bits per heavy atom. The zero-order chi connectivity index (χ0) is 25.0. The zero-order valence-electron chi connectivity index (χ0n) is 21.8. The lowest BCUT2D eigenvalue weighted by Gasteiger charge is -2.21. The second kappa shape index (κ2) is 8.83. The molecule has 5 rings (SSSR count). The highest BCUT2D eigenvalue weighted by Gasteiger charge is 2.24. The lowest BCUT2D eigenvalue weighted by atomic mass is 9.83. The van der Waals surface area contributed by atoms with Gasteiger partial charge in [0.15, 0.2) is 0 Å². The third-order valence-electron chi connectivity index (χ3n) is 6.85. The molecule has 0 unspecified atom stereocenters. The summed E-state index contributed by atoms with van der Waals surface area (Å²) < 4.78 is 2.49. The van der Waals surface area contributed by atoms with Gasteiger partial charge in [0, 0.05) is 11.0 Å². The molecule has 2 heterocycles. The van der Waals surface area contributed by atoms with Crippen LogP contribution in [0.1, 0.15) is 70.5 Å². The van der Waals surface area contributed by atoms with Gasteiger partial charge in [-0.3, -0.25) is 0 Å². The molecule has 5 aromatic rings. The fourth-order valence-corrected chi connectivity index (χ4v) is 7.13. The van der Waals surface area contributed by atoms with Gasteiger partial charge < -0.3 is 0 Å². The fourth-order valence-electron chi connectivity index (χ4n) is 4.99. The SMILES string of the molecule is CCCC(C)(C)c1nc2ccc(-c3ccc4nc(-c5ccc(C(C)(C)C)c(C)c5)sc4c3)cc2s1. The third kappa shape index (κ3) is 4.66. The van der Waals surface area contributed by atoms with Gasteiger partial charge in [-0.05, 0) is 71.3 Å². The average Bonchev–Trinajstić information content (AvgIpc) is 3.42. The number of rotatable bonds is 5. The predicted molar refractivity (Wildman–Crippen MR) is 155 cm³/mol. The van der Waals surface area contributed by atoms with Crippen molar-refractivity contribution < 1.29 is 0 Å². The molecule has 2 nitrogen and oxygen atoms in total. The molecule has 0 bridgehead atoms. The van der Waals surface area contributed by atoms with E-state index in [9.17, 15) is 0 Å². The maximum absolute atomic E-state index is 4.96. The van der Waals surface area contributed by atoms with Crippen molar-refractivity contribution in [2.24, 2.45) is 0 Å². The van der Waals surface area contributed by atoms with Crippen molar-refractivity contribution in [1.29, 1.82) is 0 Å². The summed E-state index contributed by atoms with van der Waals surface area (Å²) in [7, 11) is 0. The lowest BCUT2D eigenvalue weighted by Crippen LogP contribution is -2.15. The Hall–Kier alpha value is -2.56. The molecule has 2 aromatic heterocycles. The van der Waals surface area contributed by atoms with Crippen LogP contribution in [-0.2, 0) is 10.8 Å². The monoisotopic (exact) mass is 498 g/mol. The highest BCUT2D eigenvalue weighted by molar-refractivity contribution is 7.21. The van der Waals surface area contributed by atoms with Crippen LogP contribution in [0.2, 0.25) is 0 Å². The Kier molecular flexibility index (Phi) is 6.09. The summed E-state index contributed by atoms with van der Waals surface area (Å²) in [6.07, 6.45) is 2.33. The summed E-state index contributed by atoms with van der Waals surface area (Å²) in [4.78, 5) is 9.92. The fraction of sp³-hybridized carbons (Fsp3) is 0.355. The van der Waals surface area contributed by atoms with Crippen LogP contribution < -0.4 is 0 Å². The number of thiazole rings is 2. The van der Waals surface area contributed by atoms with E-state index in [1.807, 2.05) is 11.3 Å². The Balaban J connectivity index is 1.49. The summed E-state index contributed by atoms with van der Waals surface area (Å²) in [5, 5.41) is 2.32. The van der Waals surface area contributed by atoms with Gasteiger partial charge in [0.2, 0.25) is 0 Å². The van der Waals surface area contributed by atoms with E-state index >= 15 is 0 Å². The van der Waals surface area contributed by atoms with Gasteiger partial charge in [-0.2, -0.15) is 0 Å². The van der Waals surface area contributed by atoms with E-state index in [1.165, 1.54) is 48.6 Å². The van der Waals surface area contributed by atoms with Crippen molar-refractivity contribution in [2.45, 2.75) is 72.1 Å². The molecule has 0 spiro atoms. The van der Waals surface area contributed by atoms with Crippen molar-refractivity contribution in [1.82, 2.24) is 9.97 Å². The van der Waals surface area contributed by atoms with Gasteiger partial charge in [0.25, 0.3) is 0 Å². The Morgan fingerprint density at radius 1 is 0.714 bits per heavy atom. The van der Waals surface area contributed by atoms with Crippen LogP contribution in [0, 0.1) is 6.92 Å². The molecule has 3 aromatic carbocycles. The van der Waals surface area contributed by atoms with Crippen LogP contribution in [0.15, 0.2) is 54.6 Å². The quantitative estimate of drug-likeness (QED) is 0.241. The van der Waals surface area contributed by atoms with E-state index in [4.69, 9.17) is 9.97 Å². The molecule has 0 saturated heterocycles. The molecule has 0 aliphatic rings. The van der Waals surface area contributed by atoms with Gasteiger partial charge in [0.05, 0.1) is 25.4 Å². The van der Waals surface area contributed by atoms with Crippen LogP contribution in [0.4, 0.5) is 0 Å². The molecule has 35 heavy (non-hydrogen) atoms. The van der Waals surface area contributed by atoms with E-state index < -0.39 is 0 Å². The normalized spacial score (nSPS) is 12.7. The molecule has 0 atom stereocenters. The van der Waals surface area contributed by atoms with Crippen molar-refractivity contribution in [3.05, 3.63) is 70.7 Å². The minimum Gasteiger partial charge on any atom is -0.241 e. The summed E-state index contributed by atoms with van der Waals surface area (Å²) in [6.45, 7) is 15.9. The van der Waals surface area contributed by atoms with Crippen LogP contribution in [0.25, 0.3) is 42.1 Å². The molecule has 180 valence electrons. The van der Waals surface area contributed by atoms with Crippen LogP contribution >= 0.6 is 22.7 Å². The maximum atomic E-state index is 4.96. The highest BCUT2D eigenvalue weighted by Crippen LogP contribution is 2.38. The average molecular weight is 499 g/mol. The zero-order valence-corrected chi connectivity index (χ0v) is 23.5. The van der Waals surface area contributed by atoms with E-state index in [2.05, 4.69) is 103 Å². The Bertz CT molecular complexity index is 1530. The Labute approximate surface area is 217 Å². The van der Waals surface area contributed by atoms with Gasteiger partial charge >= 0.3 is 0 Å². The van der Waals surface area contributed by atoms with Gasteiger partial charge in [0.1, 0.15) is 5.01 Å². The number of fused-ring (bicyclic) bond motifs is 2. The molecule has 4 heteroatoms. The summed E-state index contributed by atoms with van der Waals surface area (Å²) in [6, 6.07) is 20.1. The van der Waals surface area contributed by atoms with Crippen LogP contribution in [0.5, 0.6) is 0 Å². The van der Waals surface area contributed by atoms with Gasteiger partial charge in [-0.15, -0.1) is 22.7 Å². The minimum absolute atomic E-state index is 0.125. The van der Waals surface area contributed by atoms with Crippen LogP contribution in [-0.4, -0.2) is 9.97 Å². The standard InChI is InChI=1S/C31H34N2S2/c1-8-15-31(6,7)29-33-25-14-11-21(18-27(25)35-29)20-10-13-24-26(17-20)34-28(32-24)22-9-12-23(19(2)16-22)30(3,4)5/h9-14,16-18H,8,15H2,1-7H3. The number of benzene rings is 3. The molecule has 0 aliphatic heterocycles. The van der Waals surface area contributed by atoms with E-state index in [-0.39, 0.29) is 10.8 Å². The molecule has 0 N–H and O–H groups in total. The molecule has 0 radical (unpaired) electrons. The first kappa shape index (κ1) is 24.1. The second-order valence-electron chi connectivity index (χ2n) is 11.3. The first-order valence-corrected chi connectivity index (χ1v) is 14.1. The predicted octanol–water partition coefficient (Wildman–Crippen LogP) is 9.92. The first-order valence-electron chi connectivity index (χ1n) is 12.5. The second-order valence-corrected chi connectivity index (χ2v) is 13.4. The molecular weight excluding hydrogens is 464 g/mol. The van der Waals surface area contributed by atoms with Crippen molar-refractivity contribution in [3.8, 4) is 21.7 Å². The summed E-state index contributed by atoms with van der Waals surface area (Å²) >= 11 is 3.62. The van der Waals surface area contributed by atoms with E-state index in [0.29, 0.717) is 0 Å². The maximum Gasteiger partial charge on any atom is 0.124 e. The summed E-state index contributed by atoms with van der Waals surface area (Å²) in [5.74, 6) is 0. The smallest absolute Gasteiger partial charge is 0.124 e. The number of hydrogen-bond acceptors (Lipinski definition) is 4. The van der Waals surface area contributed by atoms with Gasteiger partial charge in [-0.1, -0.05) is 72.2 Å². The third-order valence-corrected chi connectivity index (χ3v) is 9.30. The minimum atomic E-state index is 0.125. The van der Waals surface area contributed by atoms with E-state index in [0.717, 1.165) is 22.5 Å². The number of aromatic nitrogens is 2. The number of hydrogen-bond donors (Lipinski definition) is 0. The highest BCUT2D eigenvalue weighted by atomic mass is 32.1. The van der Waals surface area contributed by atoms with Crippen molar-refractivity contribution in [3.63, 3.8) is 0 Å². The largest absolute Gasteiger partial charge is 0.241 e. The first-order chi connectivity index (χ1) is 16.5. The summed E-state index contributed by atoms with van der Waals surface area (Å²) in [5.41, 5.74) is 8.84. The topological polar surface area (TPSA) is 25.8 Å². The molecule has 0 aliphatic carbocycles. The Morgan fingerprint density at radius 3 is 1.91 bits per heavy atom.